The number of aromatic nitrogens is 1. The van der Waals surface area contributed by atoms with Gasteiger partial charge in [-0.1, -0.05) is 11.6 Å². The summed E-state index contributed by atoms with van der Waals surface area (Å²) in [7, 11) is -3.96. The molecule has 3 rings (SSSR count). The smallest absolute Gasteiger partial charge is 0.408 e. The third-order valence-electron chi connectivity index (χ3n) is 3.18. The van der Waals surface area contributed by atoms with Crippen LogP contribution in [0.3, 0.4) is 0 Å². The Balaban J connectivity index is 2.06. The zero-order valence-electron chi connectivity index (χ0n) is 11.7. The van der Waals surface area contributed by atoms with Gasteiger partial charge >= 0.3 is 5.76 Å². The third kappa shape index (κ3) is 2.95. The van der Waals surface area contributed by atoms with E-state index in [1.165, 1.54) is 24.3 Å². The Morgan fingerprint density at radius 3 is 2.70 bits per heavy atom. The molecule has 0 fully saturated rings. The summed E-state index contributed by atoms with van der Waals surface area (Å²) in [6.07, 6.45) is 0. The van der Waals surface area contributed by atoms with Crippen molar-refractivity contribution in [1.82, 2.24) is 4.98 Å². The quantitative estimate of drug-likeness (QED) is 0.754. The predicted octanol–water partition coefficient (Wildman–Crippen LogP) is 3.02. The molecule has 9 heteroatoms. The van der Waals surface area contributed by atoms with Gasteiger partial charge in [-0.2, -0.15) is 0 Å². The molecule has 0 aliphatic carbocycles. The molecule has 23 heavy (non-hydrogen) atoms. The second-order valence-corrected chi connectivity index (χ2v) is 6.92. The van der Waals surface area contributed by atoms with Gasteiger partial charge in [-0.25, -0.2) is 17.6 Å². The number of benzene rings is 2. The Hall–Kier alpha value is -2.32. The molecule has 6 nitrogen and oxygen atoms in total. The summed E-state index contributed by atoms with van der Waals surface area (Å²) in [5.41, 5.74) is 1.05. The van der Waals surface area contributed by atoms with E-state index in [1.807, 2.05) is 0 Å². The lowest BCUT2D eigenvalue weighted by Gasteiger charge is -2.10. The number of oxazole rings is 1. The van der Waals surface area contributed by atoms with Crippen molar-refractivity contribution in [2.75, 3.05) is 4.72 Å². The molecule has 3 aromatic rings. The average molecular weight is 357 g/mol. The lowest BCUT2D eigenvalue weighted by atomic mass is 10.2. The minimum absolute atomic E-state index is 0.0619. The normalized spacial score (nSPS) is 11.8. The van der Waals surface area contributed by atoms with E-state index < -0.39 is 21.6 Å². The first-order chi connectivity index (χ1) is 10.8. The molecule has 0 atom stereocenters. The fourth-order valence-electron chi connectivity index (χ4n) is 2.15. The Kier molecular flexibility index (Phi) is 3.65. The molecule has 0 amide bonds. The first kappa shape index (κ1) is 15.6. The molecule has 0 unspecified atom stereocenters. The van der Waals surface area contributed by atoms with Gasteiger partial charge in [0.25, 0.3) is 10.0 Å². The number of halogens is 2. The Bertz CT molecular complexity index is 1070. The summed E-state index contributed by atoms with van der Waals surface area (Å²) in [6, 6.07) is 6.21. The average Bonchev–Trinajstić information content (AvgIpc) is 2.80. The minimum Gasteiger partial charge on any atom is -0.408 e. The van der Waals surface area contributed by atoms with E-state index in [1.54, 1.807) is 6.92 Å². The van der Waals surface area contributed by atoms with Crippen LogP contribution in [0.5, 0.6) is 0 Å². The fraction of sp³-hybridized carbons (Fsp3) is 0.0714. The Morgan fingerprint density at radius 2 is 2.00 bits per heavy atom. The topological polar surface area (TPSA) is 92.2 Å². The highest BCUT2D eigenvalue weighted by Crippen LogP contribution is 2.25. The number of anilines is 1. The summed E-state index contributed by atoms with van der Waals surface area (Å²) in [4.78, 5) is 13.6. The van der Waals surface area contributed by atoms with E-state index in [4.69, 9.17) is 16.0 Å². The number of aryl methyl sites for hydroxylation is 1. The molecule has 2 N–H and O–H groups in total. The van der Waals surface area contributed by atoms with Gasteiger partial charge in [-0.3, -0.25) is 9.71 Å². The number of H-pyrrole nitrogens is 1. The molecule has 0 radical (unpaired) electrons. The summed E-state index contributed by atoms with van der Waals surface area (Å²) in [5.74, 6) is -1.33. The predicted molar refractivity (Wildman–Crippen MR) is 83.8 cm³/mol. The molecule has 0 aliphatic rings. The summed E-state index contributed by atoms with van der Waals surface area (Å²) < 4.78 is 45.3. The van der Waals surface area contributed by atoms with Gasteiger partial charge in [0.15, 0.2) is 5.58 Å². The van der Waals surface area contributed by atoms with Gasteiger partial charge in [0, 0.05) is 6.07 Å². The van der Waals surface area contributed by atoms with Gasteiger partial charge in [0.2, 0.25) is 0 Å². The van der Waals surface area contributed by atoms with Crippen molar-refractivity contribution in [2.45, 2.75) is 11.8 Å². The fourth-order valence-corrected chi connectivity index (χ4v) is 3.62. The first-order valence-electron chi connectivity index (χ1n) is 6.37. The summed E-state index contributed by atoms with van der Waals surface area (Å²) in [5, 5.41) is -0.200. The number of aromatic amines is 1. The monoisotopic (exact) mass is 356 g/mol. The van der Waals surface area contributed by atoms with Crippen LogP contribution in [-0.4, -0.2) is 13.4 Å². The molecule has 0 aliphatic heterocycles. The number of fused-ring (bicyclic) bond motifs is 1. The lowest BCUT2D eigenvalue weighted by molar-refractivity contribution is 0.554. The minimum atomic E-state index is -3.96. The number of nitrogens with one attached hydrogen (secondary N) is 2. The zero-order chi connectivity index (χ0) is 16.8. The van der Waals surface area contributed by atoms with Gasteiger partial charge in [0.05, 0.1) is 21.1 Å². The van der Waals surface area contributed by atoms with E-state index in [0.29, 0.717) is 11.1 Å². The standard InChI is InChI=1S/C14H10ClFN2O4S/c1-7-4-11-12(22-14(19)17-11)6-13(7)23(20,21)18-8-2-3-10(16)9(15)5-8/h2-6,18H,1H3,(H,17,19). The van der Waals surface area contributed by atoms with Gasteiger partial charge < -0.3 is 4.42 Å². The van der Waals surface area contributed by atoms with Crippen LogP contribution in [0.1, 0.15) is 5.56 Å². The molecular formula is C14H10ClFN2O4S. The van der Waals surface area contributed by atoms with Crippen molar-refractivity contribution in [2.24, 2.45) is 0 Å². The summed E-state index contributed by atoms with van der Waals surface area (Å²) in [6.45, 7) is 1.58. The maximum atomic E-state index is 13.1. The van der Waals surface area contributed by atoms with Crippen LogP contribution in [0.4, 0.5) is 10.1 Å². The maximum absolute atomic E-state index is 13.1. The van der Waals surface area contributed by atoms with Crippen molar-refractivity contribution in [3.63, 3.8) is 0 Å². The highest BCUT2D eigenvalue weighted by atomic mass is 35.5. The van der Waals surface area contributed by atoms with Crippen LogP contribution in [0.25, 0.3) is 11.1 Å². The van der Waals surface area contributed by atoms with Crippen molar-refractivity contribution < 1.29 is 17.2 Å². The number of hydrogen-bond donors (Lipinski definition) is 2. The summed E-state index contributed by atoms with van der Waals surface area (Å²) >= 11 is 5.64. The van der Waals surface area contributed by atoms with E-state index in [-0.39, 0.29) is 21.2 Å². The van der Waals surface area contributed by atoms with E-state index >= 15 is 0 Å². The third-order valence-corrected chi connectivity index (χ3v) is 4.99. The molecule has 120 valence electrons. The first-order valence-corrected chi connectivity index (χ1v) is 8.24. The lowest BCUT2D eigenvalue weighted by Crippen LogP contribution is -2.14. The van der Waals surface area contributed by atoms with Crippen molar-refractivity contribution in [1.29, 1.82) is 0 Å². The second kappa shape index (κ2) is 5.39. The van der Waals surface area contributed by atoms with Crippen molar-refractivity contribution in [3.05, 3.63) is 57.3 Å². The largest absolute Gasteiger partial charge is 0.417 e. The van der Waals surface area contributed by atoms with Gasteiger partial charge in [-0.05, 0) is 36.8 Å². The van der Waals surface area contributed by atoms with E-state index in [2.05, 4.69) is 9.71 Å². The van der Waals surface area contributed by atoms with Crippen LogP contribution in [0, 0.1) is 12.7 Å². The molecule has 0 bridgehead atoms. The van der Waals surface area contributed by atoms with Gasteiger partial charge in [-0.15, -0.1) is 0 Å². The molecule has 1 heterocycles. The van der Waals surface area contributed by atoms with Crippen LogP contribution >= 0.6 is 11.6 Å². The van der Waals surface area contributed by atoms with Crippen LogP contribution in [-0.2, 0) is 10.0 Å². The Morgan fingerprint density at radius 1 is 1.26 bits per heavy atom. The zero-order valence-corrected chi connectivity index (χ0v) is 13.3. The molecular weight excluding hydrogens is 347 g/mol. The second-order valence-electron chi connectivity index (χ2n) is 4.86. The van der Waals surface area contributed by atoms with Crippen LogP contribution in [0.2, 0.25) is 5.02 Å². The number of sulfonamides is 1. The number of hydrogen-bond acceptors (Lipinski definition) is 4. The number of rotatable bonds is 3. The van der Waals surface area contributed by atoms with E-state index in [0.717, 1.165) is 6.07 Å². The van der Waals surface area contributed by atoms with Crippen LogP contribution < -0.4 is 10.5 Å². The van der Waals surface area contributed by atoms with Crippen molar-refractivity contribution >= 4 is 38.4 Å². The Labute approximate surface area is 134 Å². The van der Waals surface area contributed by atoms with E-state index in [9.17, 15) is 17.6 Å². The highest BCUT2D eigenvalue weighted by molar-refractivity contribution is 7.92. The maximum Gasteiger partial charge on any atom is 0.417 e. The van der Waals surface area contributed by atoms with Crippen molar-refractivity contribution in [3.8, 4) is 0 Å². The molecule has 0 spiro atoms. The highest BCUT2D eigenvalue weighted by Gasteiger charge is 2.19. The molecule has 2 aromatic carbocycles. The molecule has 0 saturated carbocycles. The molecule has 1 aromatic heterocycles. The molecule has 0 saturated heterocycles. The van der Waals surface area contributed by atoms with Crippen LogP contribution in [0.15, 0.2) is 44.4 Å². The van der Waals surface area contributed by atoms with Gasteiger partial charge in [0.1, 0.15) is 5.82 Å². The SMILES string of the molecule is Cc1cc2[nH]c(=O)oc2cc1S(=O)(=O)Nc1ccc(F)c(Cl)c1.